The van der Waals surface area contributed by atoms with E-state index in [9.17, 15) is 4.79 Å². The minimum absolute atomic E-state index is 0.0284. The van der Waals surface area contributed by atoms with Crippen LogP contribution in [0.5, 0.6) is 0 Å². The average molecular weight is 343 g/mol. The van der Waals surface area contributed by atoms with Crippen LogP contribution in [0.1, 0.15) is 41.8 Å². The number of furan rings is 1. The number of para-hydroxylation sites is 1. The third kappa shape index (κ3) is 2.57. The lowest BCUT2D eigenvalue weighted by Crippen LogP contribution is -2.53. The Balaban J connectivity index is 1.69. The first-order valence-electron chi connectivity index (χ1n) is 8.96. The van der Waals surface area contributed by atoms with E-state index in [-0.39, 0.29) is 23.7 Å². The van der Waals surface area contributed by atoms with Crippen LogP contribution in [0.25, 0.3) is 11.0 Å². The standard InChI is InChI=1S/C20H25NO4/c1-13-11-14-5-4-6-16(18(14)25-13)19(22)21-10-9-20(24-3)8-7-15(23-2)12-17(20)21/h4-6,11,15,17H,7-10,12H2,1-3H3/t15-,17-,20+/m0/s1. The fourth-order valence-corrected chi connectivity index (χ4v) is 4.63. The van der Waals surface area contributed by atoms with Gasteiger partial charge in [0.15, 0.2) is 0 Å². The van der Waals surface area contributed by atoms with Crippen molar-refractivity contribution in [1.82, 2.24) is 4.90 Å². The number of ether oxygens (including phenoxy) is 2. The quantitative estimate of drug-likeness (QED) is 0.855. The van der Waals surface area contributed by atoms with Gasteiger partial charge in [0.25, 0.3) is 5.91 Å². The number of nitrogens with zero attached hydrogens (tertiary/aromatic N) is 1. The van der Waals surface area contributed by atoms with Crippen molar-refractivity contribution in [3.63, 3.8) is 0 Å². The zero-order chi connectivity index (χ0) is 17.6. The van der Waals surface area contributed by atoms with Gasteiger partial charge in [0.05, 0.1) is 23.3 Å². The molecule has 0 spiro atoms. The van der Waals surface area contributed by atoms with Crippen molar-refractivity contribution >= 4 is 16.9 Å². The van der Waals surface area contributed by atoms with E-state index in [0.717, 1.165) is 36.8 Å². The molecular formula is C20H25NO4. The minimum atomic E-state index is -0.238. The molecule has 1 aliphatic heterocycles. The van der Waals surface area contributed by atoms with Gasteiger partial charge in [-0.3, -0.25) is 4.79 Å². The van der Waals surface area contributed by atoms with Crippen LogP contribution in [0.15, 0.2) is 28.7 Å². The van der Waals surface area contributed by atoms with E-state index < -0.39 is 0 Å². The van der Waals surface area contributed by atoms with Gasteiger partial charge in [-0.05, 0) is 44.7 Å². The van der Waals surface area contributed by atoms with Gasteiger partial charge < -0.3 is 18.8 Å². The largest absolute Gasteiger partial charge is 0.461 e. The number of methoxy groups -OCH3 is 2. The van der Waals surface area contributed by atoms with Crippen LogP contribution < -0.4 is 0 Å². The zero-order valence-electron chi connectivity index (χ0n) is 15.1. The number of fused-ring (bicyclic) bond motifs is 2. The van der Waals surface area contributed by atoms with E-state index >= 15 is 0 Å². The molecule has 0 N–H and O–H groups in total. The monoisotopic (exact) mass is 343 g/mol. The number of aryl methyl sites for hydroxylation is 1. The molecule has 5 nitrogen and oxygen atoms in total. The van der Waals surface area contributed by atoms with Crippen molar-refractivity contribution in [1.29, 1.82) is 0 Å². The number of carbonyl (C=O) groups excluding carboxylic acids is 1. The Morgan fingerprint density at radius 2 is 2.16 bits per heavy atom. The number of hydrogen-bond donors (Lipinski definition) is 0. The van der Waals surface area contributed by atoms with E-state index in [4.69, 9.17) is 13.9 Å². The molecule has 2 heterocycles. The van der Waals surface area contributed by atoms with Gasteiger partial charge in [-0.2, -0.15) is 0 Å². The number of hydrogen-bond acceptors (Lipinski definition) is 4. The van der Waals surface area contributed by atoms with E-state index in [2.05, 4.69) is 0 Å². The van der Waals surface area contributed by atoms with E-state index in [1.165, 1.54) is 0 Å². The molecule has 2 fully saturated rings. The van der Waals surface area contributed by atoms with E-state index in [1.807, 2.05) is 36.1 Å². The number of amides is 1. The minimum Gasteiger partial charge on any atom is -0.461 e. The van der Waals surface area contributed by atoms with Gasteiger partial charge in [0.2, 0.25) is 0 Å². The summed E-state index contributed by atoms with van der Waals surface area (Å²) in [5, 5.41) is 0.971. The summed E-state index contributed by atoms with van der Waals surface area (Å²) < 4.78 is 17.3. The SMILES string of the molecule is CO[C@H]1CC[C@@]2(OC)CCN(C(=O)c3cccc4cc(C)oc34)[C@H]2C1. The second kappa shape index (κ2) is 6.15. The first kappa shape index (κ1) is 16.6. The van der Waals surface area contributed by atoms with Crippen LogP contribution in [0.2, 0.25) is 0 Å². The number of benzene rings is 1. The van der Waals surface area contributed by atoms with Crippen LogP contribution >= 0.6 is 0 Å². The summed E-state index contributed by atoms with van der Waals surface area (Å²) in [4.78, 5) is 15.3. The number of rotatable bonds is 3. The van der Waals surface area contributed by atoms with Crippen LogP contribution in [-0.2, 0) is 9.47 Å². The molecule has 0 unspecified atom stereocenters. The Morgan fingerprint density at radius 1 is 1.32 bits per heavy atom. The summed E-state index contributed by atoms with van der Waals surface area (Å²) in [6.07, 6.45) is 3.80. The Bertz CT molecular complexity index is 798. The molecule has 0 bridgehead atoms. The smallest absolute Gasteiger partial charge is 0.258 e. The second-order valence-electron chi connectivity index (χ2n) is 7.25. The molecule has 1 aromatic heterocycles. The fraction of sp³-hybridized carbons (Fsp3) is 0.550. The predicted octanol–water partition coefficient (Wildman–Crippen LogP) is 3.54. The lowest BCUT2D eigenvalue weighted by molar-refractivity contribution is -0.0893. The molecule has 1 saturated carbocycles. The van der Waals surface area contributed by atoms with Gasteiger partial charge in [-0.1, -0.05) is 12.1 Å². The zero-order valence-corrected chi connectivity index (χ0v) is 15.1. The number of carbonyl (C=O) groups is 1. The molecule has 1 aromatic carbocycles. The lowest BCUT2D eigenvalue weighted by atomic mass is 9.79. The highest BCUT2D eigenvalue weighted by Crippen LogP contribution is 2.43. The molecule has 5 heteroatoms. The molecule has 4 rings (SSSR count). The van der Waals surface area contributed by atoms with Gasteiger partial charge in [-0.25, -0.2) is 0 Å². The highest BCUT2D eigenvalue weighted by atomic mass is 16.5. The van der Waals surface area contributed by atoms with Gasteiger partial charge in [0.1, 0.15) is 11.3 Å². The molecule has 1 saturated heterocycles. The van der Waals surface area contributed by atoms with Gasteiger partial charge in [0, 0.05) is 26.2 Å². The van der Waals surface area contributed by atoms with Crippen molar-refractivity contribution in [3.8, 4) is 0 Å². The second-order valence-corrected chi connectivity index (χ2v) is 7.25. The molecule has 3 atom stereocenters. The summed E-state index contributed by atoms with van der Waals surface area (Å²) in [5.74, 6) is 0.848. The maximum Gasteiger partial charge on any atom is 0.258 e. The number of likely N-dealkylation sites (tertiary alicyclic amines) is 1. The Hall–Kier alpha value is -1.85. The van der Waals surface area contributed by atoms with Crippen molar-refractivity contribution in [3.05, 3.63) is 35.6 Å². The summed E-state index contributed by atoms with van der Waals surface area (Å²) in [7, 11) is 3.52. The predicted molar refractivity (Wildman–Crippen MR) is 94.8 cm³/mol. The van der Waals surface area contributed by atoms with E-state index in [0.29, 0.717) is 17.7 Å². The molecule has 2 aromatic rings. The third-order valence-corrected chi connectivity index (χ3v) is 6.03. The maximum absolute atomic E-state index is 13.3. The third-order valence-electron chi connectivity index (χ3n) is 6.03. The summed E-state index contributed by atoms with van der Waals surface area (Å²) in [6.45, 7) is 2.62. The molecule has 134 valence electrons. The Labute approximate surface area is 147 Å². The molecule has 2 aliphatic rings. The molecule has 0 radical (unpaired) electrons. The summed E-state index contributed by atoms with van der Waals surface area (Å²) >= 11 is 0. The van der Waals surface area contributed by atoms with Crippen molar-refractivity contribution in [2.45, 2.75) is 50.4 Å². The van der Waals surface area contributed by atoms with E-state index in [1.54, 1.807) is 14.2 Å². The lowest BCUT2D eigenvalue weighted by Gasteiger charge is -2.43. The Kier molecular flexibility index (Phi) is 4.08. The summed E-state index contributed by atoms with van der Waals surface area (Å²) in [6, 6.07) is 7.78. The van der Waals surface area contributed by atoms with Crippen LogP contribution in [0.4, 0.5) is 0 Å². The fourth-order valence-electron chi connectivity index (χ4n) is 4.63. The highest BCUT2D eigenvalue weighted by Gasteiger charge is 2.52. The molecular weight excluding hydrogens is 318 g/mol. The Morgan fingerprint density at radius 3 is 2.92 bits per heavy atom. The molecule has 25 heavy (non-hydrogen) atoms. The average Bonchev–Trinajstić information content (AvgIpc) is 3.20. The first-order valence-corrected chi connectivity index (χ1v) is 8.96. The van der Waals surface area contributed by atoms with Crippen LogP contribution in [0, 0.1) is 6.92 Å². The normalized spacial score (nSPS) is 29.2. The highest BCUT2D eigenvalue weighted by molar-refractivity contribution is 6.05. The van der Waals surface area contributed by atoms with Gasteiger partial charge in [-0.15, -0.1) is 0 Å². The first-order chi connectivity index (χ1) is 12.1. The van der Waals surface area contributed by atoms with Gasteiger partial charge >= 0.3 is 0 Å². The van der Waals surface area contributed by atoms with Crippen molar-refractivity contribution in [2.24, 2.45) is 0 Å². The molecule has 1 aliphatic carbocycles. The topological polar surface area (TPSA) is 51.9 Å². The summed E-state index contributed by atoms with van der Waals surface area (Å²) in [5.41, 5.74) is 1.08. The van der Waals surface area contributed by atoms with Crippen LogP contribution in [-0.4, -0.2) is 49.3 Å². The van der Waals surface area contributed by atoms with Crippen molar-refractivity contribution in [2.75, 3.05) is 20.8 Å². The molecule has 1 amide bonds. The maximum atomic E-state index is 13.3. The van der Waals surface area contributed by atoms with Crippen LogP contribution in [0.3, 0.4) is 0 Å². The van der Waals surface area contributed by atoms with Crippen molar-refractivity contribution < 1.29 is 18.7 Å².